The van der Waals surface area contributed by atoms with Gasteiger partial charge in [-0.25, -0.2) is 13.8 Å². The Morgan fingerprint density at radius 1 is 0.957 bits per heavy atom. The van der Waals surface area contributed by atoms with Crippen LogP contribution < -0.4 is 15.2 Å². The second-order valence-electron chi connectivity index (χ2n) is 11.3. The van der Waals surface area contributed by atoms with Gasteiger partial charge in [0.25, 0.3) is 11.5 Å². The van der Waals surface area contributed by atoms with Gasteiger partial charge in [-0.1, -0.05) is 18.2 Å². The van der Waals surface area contributed by atoms with Crippen LogP contribution in [0.1, 0.15) is 34.7 Å². The number of nitrogens with one attached hydrogen (secondary N) is 1. The molecule has 2 aromatic heterocycles. The molecule has 0 aliphatic carbocycles. The minimum atomic E-state index is -3.28. The number of carbonyl (C=O) groups is 1. The van der Waals surface area contributed by atoms with Crippen molar-refractivity contribution >= 4 is 44.2 Å². The standard InChI is InChI=1S/C35H32F2N4O5S/c1-19(21-6-11-24(36)12-7-21)41-20(2)39-29-15-10-23(16-27(29)35(41)43)26-17-28-31(18-30(26)40(4)47(5,44)45)46-33(32(28)34(42)38-3)22-8-13-25(37)14-9-22/h6-19,44-45H,1-5H3,(H,38,42)/t19-/m1/s1. The maximum atomic E-state index is 14.0. The minimum Gasteiger partial charge on any atom is -0.455 e. The van der Waals surface area contributed by atoms with E-state index in [-0.39, 0.29) is 28.3 Å². The number of hydrogen-bond acceptors (Lipinski definition) is 7. The molecule has 0 saturated carbocycles. The number of benzene rings is 4. The van der Waals surface area contributed by atoms with E-state index in [1.807, 2.05) is 6.92 Å². The van der Waals surface area contributed by atoms with E-state index in [4.69, 9.17) is 4.42 Å². The van der Waals surface area contributed by atoms with Crippen LogP contribution in [0.2, 0.25) is 0 Å². The number of rotatable bonds is 7. The van der Waals surface area contributed by atoms with Gasteiger partial charge in [0.15, 0.2) is 0 Å². The van der Waals surface area contributed by atoms with Crippen molar-refractivity contribution in [1.29, 1.82) is 0 Å². The van der Waals surface area contributed by atoms with E-state index in [0.29, 0.717) is 44.5 Å². The second-order valence-corrected chi connectivity index (χ2v) is 13.5. The first kappa shape index (κ1) is 31.9. The zero-order chi connectivity index (χ0) is 33.8. The maximum Gasteiger partial charge on any atom is 0.261 e. The Balaban J connectivity index is 1.61. The molecule has 0 spiro atoms. The SMILES string of the molecule is CNC(=O)c1c(-c2ccc(F)cc2)oc2cc(N(C)S(C)(O)O)c(-c3ccc4nc(C)n([C@H](C)c5ccc(F)cc5)c(=O)c4c3)cc12. The Hall–Kier alpha value is -5.04. The van der Waals surface area contributed by atoms with Crippen LogP contribution in [0.3, 0.4) is 0 Å². The van der Waals surface area contributed by atoms with E-state index in [1.165, 1.54) is 61.1 Å². The average molecular weight is 659 g/mol. The summed E-state index contributed by atoms with van der Waals surface area (Å²) in [6, 6.07) is 19.5. The lowest BCUT2D eigenvalue weighted by Crippen LogP contribution is -2.27. The molecular weight excluding hydrogens is 626 g/mol. The molecule has 2 heterocycles. The van der Waals surface area contributed by atoms with Crippen LogP contribution in [0, 0.1) is 18.6 Å². The Bertz CT molecular complexity index is 2230. The molecule has 242 valence electrons. The Labute approximate surface area is 270 Å². The molecule has 0 bridgehead atoms. The molecule has 6 aromatic rings. The quantitative estimate of drug-likeness (QED) is 0.160. The normalized spacial score (nSPS) is 12.8. The van der Waals surface area contributed by atoms with Crippen molar-refractivity contribution in [3.05, 3.63) is 118 Å². The molecule has 47 heavy (non-hydrogen) atoms. The van der Waals surface area contributed by atoms with Gasteiger partial charge in [-0.3, -0.25) is 27.6 Å². The zero-order valence-corrected chi connectivity index (χ0v) is 27.0. The molecule has 6 rings (SSSR count). The van der Waals surface area contributed by atoms with Gasteiger partial charge in [-0.2, -0.15) is 0 Å². The maximum absolute atomic E-state index is 14.0. The van der Waals surface area contributed by atoms with E-state index in [0.717, 1.165) is 5.56 Å². The highest BCUT2D eigenvalue weighted by molar-refractivity contribution is 8.24. The van der Waals surface area contributed by atoms with Crippen LogP contribution in [0.5, 0.6) is 0 Å². The molecule has 12 heteroatoms. The molecule has 9 nitrogen and oxygen atoms in total. The van der Waals surface area contributed by atoms with Crippen LogP contribution in [0.15, 0.2) is 88.1 Å². The molecule has 0 saturated heterocycles. The monoisotopic (exact) mass is 658 g/mol. The molecule has 0 radical (unpaired) electrons. The van der Waals surface area contributed by atoms with Crippen LogP contribution in [-0.4, -0.2) is 44.9 Å². The molecule has 0 unspecified atom stereocenters. The number of halogens is 2. The predicted molar refractivity (Wildman–Crippen MR) is 182 cm³/mol. The molecule has 0 aliphatic heterocycles. The first-order valence-electron chi connectivity index (χ1n) is 14.6. The third-order valence-corrected chi connectivity index (χ3v) is 9.59. The fourth-order valence-electron chi connectivity index (χ4n) is 5.79. The summed E-state index contributed by atoms with van der Waals surface area (Å²) in [5, 5.41) is 3.37. The highest BCUT2D eigenvalue weighted by atomic mass is 32.3. The van der Waals surface area contributed by atoms with Gasteiger partial charge in [0.1, 0.15) is 28.8 Å². The number of fused-ring (bicyclic) bond motifs is 2. The summed E-state index contributed by atoms with van der Waals surface area (Å²) in [6.45, 7) is 3.57. The van der Waals surface area contributed by atoms with Gasteiger partial charge in [0.2, 0.25) is 0 Å². The number of carbonyl (C=O) groups excluding carboxylic acids is 1. The first-order valence-corrected chi connectivity index (χ1v) is 16.5. The van der Waals surface area contributed by atoms with E-state index in [1.54, 1.807) is 54.0 Å². The highest BCUT2D eigenvalue weighted by Gasteiger charge is 2.26. The summed E-state index contributed by atoms with van der Waals surface area (Å²) in [7, 11) is -0.270. The van der Waals surface area contributed by atoms with E-state index in [9.17, 15) is 27.5 Å². The summed E-state index contributed by atoms with van der Waals surface area (Å²) in [4.78, 5) is 32.0. The van der Waals surface area contributed by atoms with Crippen molar-refractivity contribution in [2.45, 2.75) is 19.9 Å². The van der Waals surface area contributed by atoms with Crippen LogP contribution in [-0.2, 0) is 0 Å². The van der Waals surface area contributed by atoms with Gasteiger partial charge in [-0.05, 0) is 79.6 Å². The third kappa shape index (κ3) is 5.75. The van der Waals surface area contributed by atoms with Crippen LogP contribution >= 0.6 is 10.8 Å². The van der Waals surface area contributed by atoms with Gasteiger partial charge in [0, 0.05) is 42.9 Å². The molecule has 1 amide bonds. The number of aromatic nitrogens is 2. The number of nitrogens with zero attached hydrogens (tertiary/aromatic N) is 3. The van der Waals surface area contributed by atoms with Crippen molar-refractivity contribution in [2.24, 2.45) is 0 Å². The Morgan fingerprint density at radius 3 is 2.19 bits per heavy atom. The summed E-state index contributed by atoms with van der Waals surface area (Å²) in [5.74, 6) is -0.571. The highest BCUT2D eigenvalue weighted by Crippen LogP contribution is 2.48. The fraction of sp³-hybridized carbons (Fsp3) is 0.171. The molecule has 1 atom stereocenters. The average Bonchev–Trinajstić information content (AvgIpc) is 3.42. The van der Waals surface area contributed by atoms with E-state index in [2.05, 4.69) is 10.3 Å². The predicted octanol–water partition coefficient (Wildman–Crippen LogP) is 7.76. The summed E-state index contributed by atoms with van der Waals surface area (Å²) < 4.78 is 57.8. The van der Waals surface area contributed by atoms with Gasteiger partial charge < -0.3 is 9.73 Å². The smallest absolute Gasteiger partial charge is 0.261 e. The van der Waals surface area contributed by atoms with Crippen LogP contribution in [0.25, 0.3) is 44.3 Å². The van der Waals surface area contributed by atoms with Crippen molar-refractivity contribution in [2.75, 3.05) is 24.7 Å². The van der Waals surface area contributed by atoms with Crippen molar-refractivity contribution in [3.8, 4) is 22.5 Å². The lowest BCUT2D eigenvalue weighted by atomic mass is 9.97. The van der Waals surface area contributed by atoms with Crippen molar-refractivity contribution in [1.82, 2.24) is 14.9 Å². The lowest BCUT2D eigenvalue weighted by molar-refractivity contribution is 0.0964. The van der Waals surface area contributed by atoms with Gasteiger partial charge in [0.05, 0.1) is 28.2 Å². The molecule has 0 aliphatic rings. The number of furan rings is 1. The molecule has 4 aromatic carbocycles. The topological polar surface area (TPSA) is 121 Å². The largest absolute Gasteiger partial charge is 0.455 e. The zero-order valence-electron chi connectivity index (χ0n) is 26.2. The number of anilines is 1. The molecular formula is C35H32F2N4O5S. The third-order valence-electron chi connectivity index (χ3n) is 8.35. The number of hydrogen-bond donors (Lipinski definition) is 3. The van der Waals surface area contributed by atoms with Crippen molar-refractivity contribution in [3.63, 3.8) is 0 Å². The summed E-state index contributed by atoms with van der Waals surface area (Å²) in [5.41, 5.74) is 3.24. The van der Waals surface area contributed by atoms with Crippen LogP contribution in [0.4, 0.5) is 14.5 Å². The summed E-state index contributed by atoms with van der Waals surface area (Å²) in [6.07, 6.45) is 1.28. The Kier molecular flexibility index (Phi) is 8.12. The first-order chi connectivity index (χ1) is 22.3. The van der Waals surface area contributed by atoms with Gasteiger partial charge in [-0.15, -0.1) is 10.8 Å². The fourth-order valence-corrected chi connectivity index (χ4v) is 6.31. The number of aryl methyl sites for hydroxylation is 1. The second kappa shape index (κ2) is 12.0. The van der Waals surface area contributed by atoms with E-state index >= 15 is 0 Å². The molecule has 3 N–H and O–H groups in total. The Morgan fingerprint density at radius 2 is 1.57 bits per heavy atom. The summed E-state index contributed by atoms with van der Waals surface area (Å²) >= 11 is 0. The van der Waals surface area contributed by atoms with Gasteiger partial charge >= 0.3 is 0 Å². The number of amides is 1. The lowest BCUT2D eigenvalue weighted by Gasteiger charge is -2.39. The van der Waals surface area contributed by atoms with E-state index < -0.39 is 28.5 Å². The van der Waals surface area contributed by atoms with Crippen molar-refractivity contribution < 1.29 is 27.1 Å². The minimum absolute atomic E-state index is 0.209. The molecule has 0 fully saturated rings.